The fourth-order valence-electron chi connectivity index (χ4n) is 5.45. The fraction of sp³-hybridized carbons (Fsp3) is 0.276. The molecule has 0 saturated carbocycles. The minimum absolute atomic E-state index is 0.327. The third-order valence-corrected chi connectivity index (χ3v) is 7.45. The molecule has 1 unspecified atom stereocenters. The largest absolute Gasteiger partial charge is 0.362 e. The van der Waals surface area contributed by atoms with Crippen LogP contribution in [-0.2, 0) is 24.2 Å². The van der Waals surface area contributed by atoms with Gasteiger partial charge in [0, 0.05) is 58.7 Å². The number of aromatic amines is 2. The lowest BCUT2D eigenvalue weighted by atomic mass is 10.0. The number of aromatic nitrogens is 2. The molecule has 0 aliphatic heterocycles. The van der Waals surface area contributed by atoms with Gasteiger partial charge in [0.15, 0.2) is 0 Å². The minimum Gasteiger partial charge on any atom is -0.362 e. The van der Waals surface area contributed by atoms with E-state index in [1.54, 1.807) is 11.6 Å². The first-order valence-electron chi connectivity index (χ1n) is 12.3. The molecule has 0 fully saturated rings. The number of hydroxylamine groups is 1. The highest BCUT2D eigenvalue weighted by Gasteiger charge is 2.28. The molecule has 36 heavy (non-hydrogen) atoms. The number of carbonyl (C=O) groups is 1. The number of nitrogens with one attached hydrogen (secondary N) is 3. The highest BCUT2D eigenvalue weighted by atomic mass is 35.5. The maximum Gasteiger partial charge on any atom is 0.267 e. The van der Waals surface area contributed by atoms with Crippen LogP contribution in [0.2, 0.25) is 5.02 Å². The van der Waals surface area contributed by atoms with Gasteiger partial charge in [-0.15, -0.1) is 0 Å². The first-order chi connectivity index (χ1) is 17.4. The maximum absolute atomic E-state index is 11.4. The number of carbonyl (C=O) groups excluding carboxylic acids is 1. The van der Waals surface area contributed by atoms with Crippen molar-refractivity contribution in [1.82, 2.24) is 20.3 Å². The number of nitrogens with zero attached hydrogens (tertiary/aromatic N) is 1. The Morgan fingerprint density at radius 2 is 2.06 bits per heavy atom. The van der Waals surface area contributed by atoms with Crippen molar-refractivity contribution >= 4 is 34.5 Å². The summed E-state index contributed by atoms with van der Waals surface area (Å²) in [5.41, 5.74) is 11.4. The van der Waals surface area contributed by atoms with E-state index in [9.17, 15) is 4.79 Å². The molecule has 1 aliphatic carbocycles. The summed E-state index contributed by atoms with van der Waals surface area (Å²) in [6, 6.07) is 15.0. The first kappa shape index (κ1) is 24.4. The van der Waals surface area contributed by atoms with Gasteiger partial charge in [-0.1, -0.05) is 35.9 Å². The Hall–Kier alpha value is -3.32. The van der Waals surface area contributed by atoms with Crippen molar-refractivity contribution < 1.29 is 10.0 Å². The van der Waals surface area contributed by atoms with E-state index in [2.05, 4.69) is 59.2 Å². The van der Waals surface area contributed by atoms with Crippen molar-refractivity contribution in [3.63, 3.8) is 0 Å². The van der Waals surface area contributed by atoms with Crippen LogP contribution in [0.25, 0.3) is 17.0 Å². The molecular formula is C29H31ClN4O2. The smallest absolute Gasteiger partial charge is 0.267 e. The number of halogens is 1. The average molecular weight is 503 g/mol. The molecule has 1 amide bonds. The van der Waals surface area contributed by atoms with Gasteiger partial charge in [-0.2, -0.15) is 0 Å². The number of fused-ring (bicyclic) bond motifs is 2. The van der Waals surface area contributed by atoms with Gasteiger partial charge < -0.3 is 9.97 Å². The molecular weight excluding hydrogens is 472 g/mol. The summed E-state index contributed by atoms with van der Waals surface area (Å²) >= 11 is 6.18. The molecule has 2 aromatic carbocycles. The number of aryl methyl sites for hydroxylation is 3. The zero-order chi connectivity index (χ0) is 25.2. The highest BCUT2D eigenvalue weighted by molar-refractivity contribution is 6.31. The molecule has 0 bridgehead atoms. The topological polar surface area (TPSA) is 84.2 Å². The first-order valence-corrected chi connectivity index (χ1v) is 12.7. The summed E-state index contributed by atoms with van der Waals surface area (Å²) in [4.78, 5) is 20.8. The van der Waals surface area contributed by atoms with Crippen molar-refractivity contribution in [2.75, 3.05) is 6.54 Å². The number of amides is 1. The van der Waals surface area contributed by atoms with E-state index in [4.69, 9.17) is 16.8 Å². The van der Waals surface area contributed by atoms with Gasteiger partial charge in [0.2, 0.25) is 0 Å². The van der Waals surface area contributed by atoms with Crippen LogP contribution in [0.15, 0.2) is 54.7 Å². The summed E-state index contributed by atoms with van der Waals surface area (Å²) < 4.78 is 0. The quantitative estimate of drug-likeness (QED) is 0.135. The Bertz CT molecular complexity index is 1430. The van der Waals surface area contributed by atoms with Gasteiger partial charge in [0.05, 0.1) is 0 Å². The molecule has 7 heteroatoms. The molecule has 186 valence electrons. The second kappa shape index (κ2) is 10.3. The predicted molar refractivity (Wildman–Crippen MR) is 144 cm³/mol. The van der Waals surface area contributed by atoms with Gasteiger partial charge in [-0.25, -0.2) is 5.48 Å². The second-order valence-corrected chi connectivity index (χ2v) is 10.1. The Kier molecular flexibility index (Phi) is 7.01. The Morgan fingerprint density at radius 3 is 2.83 bits per heavy atom. The van der Waals surface area contributed by atoms with Crippen LogP contribution in [0.4, 0.5) is 0 Å². The van der Waals surface area contributed by atoms with Crippen LogP contribution >= 0.6 is 11.6 Å². The molecule has 0 saturated heterocycles. The summed E-state index contributed by atoms with van der Waals surface area (Å²) in [5, 5.41) is 10.7. The molecule has 5 rings (SSSR count). The van der Waals surface area contributed by atoms with Crippen molar-refractivity contribution in [3.8, 4) is 0 Å². The third kappa shape index (κ3) is 5.12. The van der Waals surface area contributed by atoms with Crippen molar-refractivity contribution in [2.24, 2.45) is 0 Å². The van der Waals surface area contributed by atoms with Gasteiger partial charge in [0.25, 0.3) is 5.91 Å². The van der Waals surface area contributed by atoms with E-state index in [-0.39, 0.29) is 0 Å². The lowest BCUT2D eigenvalue weighted by molar-refractivity contribution is -0.124. The van der Waals surface area contributed by atoms with Gasteiger partial charge in [-0.3, -0.25) is 14.9 Å². The van der Waals surface area contributed by atoms with Crippen LogP contribution < -0.4 is 5.48 Å². The van der Waals surface area contributed by atoms with E-state index in [0.717, 1.165) is 48.5 Å². The normalized spacial score (nSPS) is 15.3. The minimum atomic E-state index is -0.531. The van der Waals surface area contributed by atoms with E-state index >= 15 is 0 Å². The summed E-state index contributed by atoms with van der Waals surface area (Å²) in [6.07, 6.45) is 8.17. The maximum atomic E-state index is 11.4. The number of H-pyrrole nitrogens is 2. The summed E-state index contributed by atoms with van der Waals surface area (Å²) in [7, 11) is 0. The monoisotopic (exact) mass is 502 g/mol. The summed E-state index contributed by atoms with van der Waals surface area (Å²) in [5.74, 6) is -0.531. The van der Waals surface area contributed by atoms with Crippen LogP contribution in [0.1, 0.15) is 51.7 Å². The molecule has 1 atom stereocenters. The van der Waals surface area contributed by atoms with E-state index < -0.39 is 5.91 Å². The fourth-order valence-corrected chi connectivity index (χ4v) is 5.62. The zero-order valence-corrected chi connectivity index (χ0v) is 21.3. The lowest BCUT2D eigenvalue weighted by Crippen LogP contribution is -2.29. The molecule has 2 aromatic heterocycles. The van der Waals surface area contributed by atoms with Crippen molar-refractivity contribution in [2.45, 2.75) is 45.7 Å². The van der Waals surface area contributed by atoms with Crippen LogP contribution in [0, 0.1) is 13.8 Å². The van der Waals surface area contributed by atoms with Gasteiger partial charge in [0.1, 0.15) is 0 Å². The average Bonchev–Trinajstić information content (AvgIpc) is 3.56. The number of hydrogen-bond donors (Lipinski definition) is 4. The van der Waals surface area contributed by atoms with Crippen LogP contribution in [0.5, 0.6) is 0 Å². The second-order valence-electron chi connectivity index (χ2n) is 9.65. The van der Waals surface area contributed by atoms with Crippen LogP contribution in [-0.4, -0.2) is 32.5 Å². The molecule has 1 aliphatic rings. The van der Waals surface area contributed by atoms with E-state index in [1.807, 2.05) is 18.2 Å². The zero-order valence-electron chi connectivity index (χ0n) is 20.6. The van der Waals surface area contributed by atoms with Crippen molar-refractivity contribution in [1.29, 1.82) is 0 Å². The van der Waals surface area contributed by atoms with Crippen LogP contribution in [0.3, 0.4) is 0 Å². The Morgan fingerprint density at radius 1 is 1.19 bits per heavy atom. The molecule has 6 nitrogen and oxygen atoms in total. The van der Waals surface area contributed by atoms with E-state index in [1.165, 1.54) is 45.1 Å². The van der Waals surface area contributed by atoms with Gasteiger partial charge >= 0.3 is 0 Å². The third-order valence-electron chi connectivity index (χ3n) is 7.22. The number of rotatable bonds is 8. The number of hydrogen-bond acceptors (Lipinski definition) is 3. The lowest BCUT2D eigenvalue weighted by Gasteiger charge is -2.30. The molecule has 0 spiro atoms. The standard InChI is InChI=1S/C29H31ClN4O2/c1-18-13-23(19(2)32-18)17-34(12-11-22-16-31-27-15-24(30)6-8-25(22)27)28-9-5-21-14-20(3-7-26(21)28)4-10-29(35)33-36/h3-4,6-8,10,13-16,28,31-32,36H,5,9,11-12,17H2,1-2H3,(H,33,35). The Balaban J connectivity index is 1.40. The molecule has 4 aromatic rings. The highest BCUT2D eigenvalue weighted by Crippen LogP contribution is 2.38. The van der Waals surface area contributed by atoms with Gasteiger partial charge in [-0.05, 0) is 85.2 Å². The molecule has 2 heterocycles. The Labute approximate surface area is 215 Å². The summed E-state index contributed by atoms with van der Waals surface area (Å²) in [6.45, 7) is 6.07. The molecule has 0 radical (unpaired) electrons. The SMILES string of the molecule is Cc1cc(CN(CCc2c[nH]c3cc(Cl)ccc23)C2CCc3cc(C=CC(=O)NO)ccc32)c(C)[nH]1. The van der Waals surface area contributed by atoms with Crippen molar-refractivity contribution in [3.05, 3.63) is 99.0 Å². The predicted octanol–water partition coefficient (Wildman–Crippen LogP) is 6.02. The molecule has 4 N–H and O–H groups in total. The van der Waals surface area contributed by atoms with E-state index in [0.29, 0.717) is 6.04 Å². The number of benzene rings is 2.